The molecule has 2 aliphatic rings. The number of carbonyl (C=O) groups excluding carboxylic acids is 2. The summed E-state index contributed by atoms with van der Waals surface area (Å²) in [4.78, 5) is 27.1. The van der Waals surface area contributed by atoms with Crippen molar-refractivity contribution in [2.45, 2.75) is 64.6 Å². The van der Waals surface area contributed by atoms with Crippen LogP contribution in [0.25, 0.3) is 0 Å². The number of benzene rings is 1. The summed E-state index contributed by atoms with van der Waals surface area (Å²) in [6.45, 7) is 4.10. The minimum Gasteiger partial charge on any atom is -0.445 e. The van der Waals surface area contributed by atoms with E-state index in [1.807, 2.05) is 55.2 Å². The Hall–Kier alpha value is -2.10. The second-order valence-electron chi connectivity index (χ2n) is 7.19. The lowest BCUT2D eigenvalue weighted by atomic mass is 9.76. The zero-order valence-corrected chi connectivity index (χ0v) is 15.1. The predicted octanol–water partition coefficient (Wildman–Crippen LogP) is 4.49. The highest BCUT2D eigenvalue weighted by molar-refractivity contribution is 5.96. The van der Waals surface area contributed by atoms with Crippen molar-refractivity contribution in [2.24, 2.45) is 5.92 Å². The molecule has 2 heterocycles. The highest BCUT2D eigenvalue weighted by Gasteiger charge is 2.43. The van der Waals surface area contributed by atoms with E-state index < -0.39 is 0 Å². The number of carbonyl (C=O) groups is 2. The molecule has 2 fully saturated rings. The van der Waals surface area contributed by atoms with Gasteiger partial charge in [-0.2, -0.15) is 0 Å². The van der Waals surface area contributed by atoms with Crippen molar-refractivity contribution >= 4 is 11.9 Å². The molecular formula is C21H27NO3. The van der Waals surface area contributed by atoms with Crippen LogP contribution in [0.15, 0.2) is 42.0 Å². The summed E-state index contributed by atoms with van der Waals surface area (Å²) < 4.78 is 5.56. The number of allylic oxidation sites excluding steroid dienone is 2. The minimum atomic E-state index is -0.229. The minimum absolute atomic E-state index is 0.0460. The topological polar surface area (TPSA) is 46.6 Å². The van der Waals surface area contributed by atoms with Gasteiger partial charge in [0.1, 0.15) is 6.61 Å². The van der Waals surface area contributed by atoms with Gasteiger partial charge in [-0.3, -0.25) is 4.79 Å². The Bertz CT molecular complexity index is 638. The van der Waals surface area contributed by atoms with Gasteiger partial charge in [-0.25, -0.2) is 4.79 Å². The normalized spacial score (nSPS) is 26.2. The highest BCUT2D eigenvalue weighted by Crippen LogP contribution is 2.38. The molecule has 25 heavy (non-hydrogen) atoms. The van der Waals surface area contributed by atoms with Crippen molar-refractivity contribution in [3.63, 3.8) is 0 Å². The summed E-state index contributed by atoms with van der Waals surface area (Å²) in [5.74, 6) is 0.293. The van der Waals surface area contributed by atoms with Crippen molar-refractivity contribution in [2.75, 3.05) is 0 Å². The molecule has 3 rings (SSSR count). The average molecular weight is 341 g/mol. The number of hydrogen-bond acceptors (Lipinski definition) is 3. The number of ketones is 1. The first-order valence-corrected chi connectivity index (χ1v) is 9.26. The number of Topliss-reactive ketones (excluding diaryl/α,β-unsaturated/α-hetero) is 1. The monoisotopic (exact) mass is 341 g/mol. The van der Waals surface area contributed by atoms with Crippen molar-refractivity contribution in [3.05, 3.63) is 47.5 Å². The molecule has 134 valence electrons. The summed E-state index contributed by atoms with van der Waals surface area (Å²) in [5.41, 5.74) is 1.83. The average Bonchev–Trinajstić information content (AvgIpc) is 2.64. The van der Waals surface area contributed by atoms with Gasteiger partial charge in [-0.1, -0.05) is 36.4 Å². The highest BCUT2D eigenvalue weighted by atomic mass is 16.6. The van der Waals surface area contributed by atoms with E-state index in [0.29, 0.717) is 6.61 Å². The fourth-order valence-corrected chi connectivity index (χ4v) is 4.15. The van der Waals surface area contributed by atoms with Crippen LogP contribution in [0.3, 0.4) is 0 Å². The summed E-state index contributed by atoms with van der Waals surface area (Å²) in [6, 6.07) is 10.0. The van der Waals surface area contributed by atoms with Gasteiger partial charge in [0.05, 0.1) is 0 Å². The fraction of sp³-hybridized carbons (Fsp3) is 0.524. The van der Waals surface area contributed by atoms with Gasteiger partial charge in [0.15, 0.2) is 5.78 Å². The van der Waals surface area contributed by atoms with E-state index in [9.17, 15) is 9.59 Å². The van der Waals surface area contributed by atoms with E-state index in [1.165, 1.54) is 0 Å². The van der Waals surface area contributed by atoms with Crippen molar-refractivity contribution < 1.29 is 14.3 Å². The molecule has 1 aromatic rings. The summed E-state index contributed by atoms with van der Waals surface area (Å²) in [6.07, 6.45) is 6.25. The Morgan fingerprint density at radius 3 is 2.40 bits per heavy atom. The van der Waals surface area contributed by atoms with Gasteiger partial charge in [0, 0.05) is 18.0 Å². The summed E-state index contributed by atoms with van der Waals surface area (Å²) in [7, 11) is 0. The van der Waals surface area contributed by atoms with Crippen LogP contribution in [-0.2, 0) is 16.1 Å². The van der Waals surface area contributed by atoms with E-state index in [1.54, 1.807) is 0 Å². The molecule has 4 heteroatoms. The summed E-state index contributed by atoms with van der Waals surface area (Å²) in [5, 5.41) is 0. The van der Waals surface area contributed by atoms with Gasteiger partial charge < -0.3 is 9.64 Å². The molecule has 2 bridgehead atoms. The zero-order chi connectivity index (χ0) is 17.8. The molecule has 0 spiro atoms. The predicted molar refractivity (Wildman–Crippen MR) is 97.1 cm³/mol. The zero-order valence-electron chi connectivity index (χ0n) is 15.1. The molecule has 1 aromatic carbocycles. The van der Waals surface area contributed by atoms with Crippen LogP contribution in [0.5, 0.6) is 0 Å². The molecule has 2 atom stereocenters. The van der Waals surface area contributed by atoms with Crippen LogP contribution in [0.4, 0.5) is 4.79 Å². The second kappa shape index (κ2) is 7.85. The van der Waals surface area contributed by atoms with E-state index in [4.69, 9.17) is 4.74 Å². The van der Waals surface area contributed by atoms with E-state index in [2.05, 4.69) is 0 Å². The van der Waals surface area contributed by atoms with Crippen LogP contribution in [0, 0.1) is 5.92 Å². The first kappa shape index (κ1) is 17.7. The largest absolute Gasteiger partial charge is 0.445 e. The van der Waals surface area contributed by atoms with Crippen LogP contribution >= 0.6 is 0 Å². The molecule has 0 aromatic heterocycles. The van der Waals surface area contributed by atoms with Crippen molar-refractivity contribution in [1.29, 1.82) is 0 Å². The maximum absolute atomic E-state index is 12.7. The lowest BCUT2D eigenvalue weighted by Gasteiger charge is -2.47. The standard InChI is InChI=1S/C21H27NO3/c1-3-15(2)20(23)17-12-18-10-7-11-19(13-17)22(18)21(24)25-14-16-8-5-4-6-9-16/h3-6,8-9,17-19H,7,10-14H2,1-2H3. The number of hydrogen-bond donors (Lipinski definition) is 0. The lowest BCUT2D eigenvalue weighted by molar-refractivity contribution is -0.122. The number of amides is 1. The number of fused-ring (bicyclic) bond motifs is 2. The maximum Gasteiger partial charge on any atom is 0.410 e. The quantitative estimate of drug-likeness (QED) is 0.758. The SMILES string of the molecule is CC=C(C)C(=O)C1CC2CCCC(C1)N2C(=O)OCc1ccccc1. The lowest BCUT2D eigenvalue weighted by Crippen LogP contribution is -2.55. The Balaban J connectivity index is 1.65. The van der Waals surface area contributed by atoms with Crippen LogP contribution < -0.4 is 0 Å². The van der Waals surface area contributed by atoms with Gasteiger partial charge in [-0.15, -0.1) is 0 Å². The number of ether oxygens (including phenoxy) is 1. The summed E-state index contributed by atoms with van der Waals surface area (Å²) >= 11 is 0. The molecule has 1 amide bonds. The molecule has 0 radical (unpaired) electrons. The first-order valence-electron chi connectivity index (χ1n) is 9.26. The van der Waals surface area contributed by atoms with Gasteiger partial charge in [0.2, 0.25) is 0 Å². The van der Waals surface area contributed by atoms with E-state index in [0.717, 1.165) is 43.2 Å². The molecule has 2 aliphatic heterocycles. The van der Waals surface area contributed by atoms with Gasteiger partial charge in [0.25, 0.3) is 0 Å². The third kappa shape index (κ3) is 3.94. The Labute approximate surface area is 149 Å². The smallest absolute Gasteiger partial charge is 0.410 e. The Morgan fingerprint density at radius 1 is 1.16 bits per heavy atom. The van der Waals surface area contributed by atoms with Crippen LogP contribution in [0.2, 0.25) is 0 Å². The molecule has 0 saturated carbocycles. The molecule has 4 nitrogen and oxygen atoms in total. The molecule has 2 saturated heterocycles. The molecule has 0 aliphatic carbocycles. The maximum atomic E-state index is 12.7. The van der Waals surface area contributed by atoms with Crippen LogP contribution in [-0.4, -0.2) is 28.9 Å². The Morgan fingerprint density at radius 2 is 1.80 bits per heavy atom. The van der Waals surface area contributed by atoms with E-state index >= 15 is 0 Å². The van der Waals surface area contributed by atoms with Gasteiger partial charge >= 0.3 is 6.09 Å². The van der Waals surface area contributed by atoms with Crippen LogP contribution in [0.1, 0.15) is 51.5 Å². The number of rotatable bonds is 4. The first-order chi connectivity index (χ1) is 12.1. The third-order valence-electron chi connectivity index (χ3n) is 5.58. The fourth-order valence-electron chi connectivity index (χ4n) is 4.15. The van der Waals surface area contributed by atoms with E-state index in [-0.39, 0.29) is 29.9 Å². The number of nitrogens with zero attached hydrogens (tertiary/aromatic N) is 1. The number of piperidine rings is 2. The molecule has 0 N–H and O–H groups in total. The third-order valence-corrected chi connectivity index (χ3v) is 5.58. The van der Waals surface area contributed by atoms with Crippen molar-refractivity contribution in [3.8, 4) is 0 Å². The molecular weight excluding hydrogens is 314 g/mol. The van der Waals surface area contributed by atoms with Crippen molar-refractivity contribution in [1.82, 2.24) is 4.90 Å². The second-order valence-corrected chi connectivity index (χ2v) is 7.19. The van der Waals surface area contributed by atoms with Gasteiger partial charge in [-0.05, 0) is 57.1 Å². The Kier molecular flexibility index (Phi) is 5.57. The molecule has 2 unspecified atom stereocenters.